The Morgan fingerprint density at radius 3 is 2.18 bits per heavy atom. The van der Waals surface area contributed by atoms with Crippen LogP contribution in [-0.2, 0) is 9.47 Å². The molecule has 1 heterocycles. The monoisotopic (exact) mass is 234 g/mol. The first-order chi connectivity index (χ1) is 8.24. The van der Waals surface area contributed by atoms with Gasteiger partial charge in [0.25, 0.3) is 0 Å². The smallest absolute Gasteiger partial charge is 0.169 e. The summed E-state index contributed by atoms with van der Waals surface area (Å²) < 4.78 is 12.4. The molecule has 0 spiro atoms. The zero-order valence-electron chi connectivity index (χ0n) is 11.0. The maximum absolute atomic E-state index is 6.21. The molecule has 2 atom stereocenters. The highest BCUT2D eigenvalue weighted by Crippen LogP contribution is 2.43. The van der Waals surface area contributed by atoms with Crippen LogP contribution in [0, 0.1) is 0 Å². The van der Waals surface area contributed by atoms with E-state index in [1.807, 2.05) is 6.07 Å². The highest BCUT2D eigenvalue weighted by molar-refractivity contribution is 5.19. The molecule has 0 saturated carbocycles. The van der Waals surface area contributed by atoms with Gasteiger partial charge in [0.05, 0.1) is 6.10 Å². The van der Waals surface area contributed by atoms with E-state index in [2.05, 4.69) is 45.0 Å². The van der Waals surface area contributed by atoms with Crippen LogP contribution >= 0.6 is 0 Å². The van der Waals surface area contributed by atoms with E-state index in [-0.39, 0.29) is 18.0 Å². The minimum atomic E-state index is -0.374. The Kier molecular flexibility index (Phi) is 3.85. The van der Waals surface area contributed by atoms with Crippen molar-refractivity contribution < 1.29 is 9.47 Å². The Morgan fingerprint density at radius 1 is 1.00 bits per heavy atom. The first-order valence-electron chi connectivity index (χ1n) is 6.65. The quantitative estimate of drug-likeness (QED) is 0.782. The van der Waals surface area contributed by atoms with Crippen LogP contribution in [0.4, 0.5) is 0 Å². The van der Waals surface area contributed by atoms with Crippen molar-refractivity contribution >= 4 is 0 Å². The molecule has 2 nitrogen and oxygen atoms in total. The van der Waals surface area contributed by atoms with Crippen LogP contribution < -0.4 is 0 Å². The van der Waals surface area contributed by atoms with Gasteiger partial charge in [0.2, 0.25) is 0 Å². The van der Waals surface area contributed by atoms with Gasteiger partial charge in [-0.2, -0.15) is 0 Å². The van der Waals surface area contributed by atoms with Gasteiger partial charge in [-0.1, -0.05) is 51.1 Å². The van der Waals surface area contributed by atoms with E-state index in [1.54, 1.807) is 0 Å². The van der Waals surface area contributed by atoms with E-state index >= 15 is 0 Å². The van der Waals surface area contributed by atoms with Crippen LogP contribution in [0.15, 0.2) is 30.3 Å². The lowest BCUT2D eigenvalue weighted by molar-refractivity contribution is -0.179. The fourth-order valence-corrected chi connectivity index (χ4v) is 2.48. The molecular formula is C15H22O2. The summed E-state index contributed by atoms with van der Waals surface area (Å²) in [4.78, 5) is 0. The summed E-state index contributed by atoms with van der Waals surface area (Å²) in [5.41, 5.74) is 1.23. The number of hydrogen-bond acceptors (Lipinski definition) is 2. The van der Waals surface area contributed by atoms with E-state index in [0.717, 1.165) is 19.3 Å². The molecule has 1 fully saturated rings. The standard InChI is InChI=1S/C15H22O2/c1-4-13-14(12-10-8-7-9-11-12)17-15(5-2,6-3)16-13/h7-11,13-14H,4-6H2,1-3H3/t13-,14-/m0/s1. The molecule has 0 aromatic heterocycles. The van der Waals surface area contributed by atoms with E-state index in [1.165, 1.54) is 5.56 Å². The highest BCUT2D eigenvalue weighted by Gasteiger charge is 2.44. The molecule has 94 valence electrons. The van der Waals surface area contributed by atoms with Gasteiger partial charge in [-0.05, 0) is 24.8 Å². The average Bonchev–Trinajstić information content (AvgIpc) is 2.79. The van der Waals surface area contributed by atoms with Crippen LogP contribution in [-0.4, -0.2) is 11.9 Å². The van der Waals surface area contributed by atoms with Crippen molar-refractivity contribution in [1.82, 2.24) is 0 Å². The largest absolute Gasteiger partial charge is 0.344 e. The van der Waals surface area contributed by atoms with E-state index in [0.29, 0.717) is 0 Å². The Hall–Kier alpha value is -0.860. The minimum Gasteiger partial charge on any atom is -0.344 e. The fraction of sp³-hybridized carbons (Fsp3) is 0.600. The second kappa shape index (κ2) is 5.19. The second-order valence-corrected chi connectivity index (χ2v) is 4.63. The zero-order valence-corrected chi connectivity index (χ0v) is 11.0. The molecule has 0 radical (unpaired) electrons. The predicted octanol–water partition coefficient (Wildman–Crippen LogP) is 4.07. The van der Waals surface area contributed by atoms with Gasteiger partial charge in [0, 0.05) is 0 Å². The molecule has 2 rings (SSSR count). The van der Waals surface area contributed by atoms with Gasteiger partial charge in [0.15, 0.2) is 5.79 Å². The van der Waals surface area contributed by atoms with Crippen molar-refractivity contribution in [3.8, 4) is 0 Å². The molecule has 1 aromatic carbocycles. The molecule has 1 aliphatic rings. The van der Waals surface area contributed by atoms with Gasteiger partial charge in [-0.3, -0.25) is 0 Å². The predicted molar refractivity (Wildman–Crippen MR) is 68.7 cm³/mol. The van der Waals surface area contributed by atoms with Crippen LogP contribution in [0.5, 0.6) is 0 Å². The highest BCUT2D eigenvalue weighted by atomic mass is 16.8. The van der Waals surface area contributed by atoms with Crippen LogP contribution in [0.1, 0.15) is 51.7 Å². The van der Waals surface area contributed by atoms with Gasteiger partial charge in [-0.15, -0.1) is 0 Å². The molecule has 2 heteroatoms. The first-order valence-corrected chi connectivity index (χ1v) is 6.65. The van der Waals surface area contributed by atoms with Crippen molar-refractivity contribution in [3.63, 3.8) is 0 Å². The average molecular weight is 234 g/mol. The molecule has 0 unspecified atom stereocenters. The summed E-state index contributed by atoms with van der Waals surface area (Å²) in [5, 5.41) is 0. The summed E-state index contributed by atoms with van der Waals surface area (Å²) in [6.07, 6.45) is 3.06. The Labute approximate surface area is 104 Å². The molecule has 17 heavy (non-hydrogen) atoms. The summed E-state index contributed by atoms with van der Waals surface area (Å²) in [6, 6.07) is 10.4. The molecule has 0 N–H and O–H groups in total. The van der Waals surface area contributed by atoms with Crippen molar-refractivity contribution in [1.29, 1.82) is 0 Å². The third kappa shape index (κ3) is 2.38. The molecular weight excluding hydrogens is 212 g/mol. The summed E-state index contributed by atoms with van der Waals surface area (Å²) >= 11 is 0. The summed E-state index contributed by atoms with van der Waals surface area (Å²) in [5.74, 6) is -0.374. The van der Waals surface area contributed by atoms with Crippen molar-refractivity contribution in [3.05, 3.63) is 35.9 Å². The molecule has 0 bridgehead atoms. The number of hydrogen-bond donors (Lipinski definition) is 0. The topological polar surface area (TPSA) is 18.5 Å². The lowest BCUT2D eigenvalue weighted by atomic mass is 10.0. The zero-order chi connectivity index (χ0) is 12.3. The molecule has 0 amide bonds. The van der Waals surface area contributed by atoms with Crippen molar-refractivity contribution in [2.45, 2.75) is 58.0 Å². The third-order valence-electron chi connectivity index (χ3n) is 3.65. The Bertz CT molecular complexity index is 343. The number of ether oxygens (including phenoxy) is 2. The van der Waals surface area contributed by atoms with E-state index in [9.17, 15) is 0 Å². The van der Waals surface area contributed by atoms with Gasteiger partial charge >= 0.3 is 0 Å². The van der Waals surface area contributed by atoms with Crippen LogP contribution in [0.3, 0.4) is 0 Å². The minimum absolute atomic E-state index is 0.0844. The molecule has 1 saturated heterocycles. The molecule has 0 aliphatic carbocycles. The lowest BCUT2D eigenvalue weighted by Gasteiger charge is -2.25. The van der Waals surface area contributed by atoms with Crippen molar-refractivity contribution in [2.24, 2.45) is 0 Å². The maximum atomic E-state index is 6.21. The number of benzene rings is 1. The van der Waals surface area contributed by atoms with Crippen molar-refractivity contribution in [2.75, 3.05) is 0 Å². The first kappa shape index (κ1) is 12.6. The molecule has 1 aromatic rings. The normalized spacial score (nSPS) is 27.2. The lowest BCUT2D eigenvalue weighted by Crippen LogP contribution is -2.28. The van der Waals surface area contributed by atoms with Gasteiger partial charge in [0.1, 0.15) is 6.10 Å². The Morgan fingerprint density at radius 2 is 1.65 bits per heavy atom. The maximum Gasteiger partial charge on any atom is 0.169 e. The van der Waals surface area contributed by atoms with Gasteiger partial charge in [-0.25, -0.2) is 0 Å². The van der Waals surface area contributed by atoms with E-state index in [4.69, 9.17) is 9.47 Å². The fourth-order valence-electron chi connectivity index (χ4n) is 2.48. The summed E-state index contributed by atoms with van der Waals surface area (Å²) in [7, 11) is 0. The second-order valence-electron chi connectivity index (χ2n) is 4.63. The summed E-state index contributed by atoms with van der Waals surface area (Å²) in [6.45, 7) is 6.42. The number of rotatable bonds is 4. The van der Waals surface area contributed by atoms with Crippen LogP contribution in [0.25, 0.3) is 0 Å². The van der Waals surface area contributed by atoms with Gasteiger partial charge < -0.3 is 9.47 Å². The third-order valence-corrected chi connectivity index (χ3v) is 3.65. The van der Waals surface area contributed by atoms with Crippen LogP contribution in [0.2, 0.25) is 0 Å². The SMILES string of the molecule is CC[C@@H]1OC(CC)(CC)O[C@H]1c1ccccc1. The Balaban J connectivity index is 2.23. The van der Waals surface area contributed by atoms with E-state index < -0.39 is 0 Å². The molecule has 1 aliphatic heterocycles.